The maximum Gasteiger partial charge on any atom is 0.271 e. The van der Waals surface area contributed by atoms with Crippen LogP contribution in [0.2, 0.25) is 5.02 Å². The maximum atomic E-state index is 13.7. The molecule has 0 heterocycles. The molecule has 0 aliphatic rings. The van der Waals surface area contributed by atoms with E-state index in [2.05, 4.69) is 10.6 Å². The zero-order chi connectivity index (χ0) is 17.9. The number of rotatable bonds is 4. The minimum Gasteiger partial charge on any atom is -0.356 e. The van der Waals surface area contributed by atoms with E-state index < -0.39 is 22.6 Å². The number of anilines is 1. The van der Waals surface area contributed by atoms with Crippen LogP contribution in [0.25, 0.3) is 0 Å². The number of hydrogen-bond donors (Lipinski definition) is 2. The lowest BCUT2D eigenvalue weighted by molar-refractivity contribution is -0.384. The minimum atomic E-state index is -0.703. The van der Waals surface area contributed by atoms with Gasteiger partial charge in [-0.15, -0.1) is 0 Å². The summed E-state index contributed by atoms with van der Waals surface area (Å²) in [5.74, 6) is -1.38. The normalized spacial score (nSPS) is 11.7. The maximum absolute atomic E-state index is 13.7. The Morgan fingerprint density at radius 3 is 2.62 bits per heavy atom. The third-order valence-corrected chi connectivity index (χ3v) is 3.74. The van der Waals surface area contributed by atoms with E-state index in [1.807, 2.05) is 0 Å². The van der Waals surface area contributed by atoms with Crippen LogP contribution in [0.5, 0.6) is 0 Å². The Balaban J connectivity index is 2.10. The van der Waals surface area contributed by atoms with Crippen molar-refractivity contribution in [1.29, 1.82) is 0 Å². The fraction of sp³-hybridized carbons (Fsp3) is 0.133. The van der Waals surface area contributed by atoms with Gasteiger partial charge in [0.2, 0.25) is 0 Å². The SMILES string of the molecule is C[C@@H](NC(=S)Nc1cc([N+](=O)[O-])ccc1Cl)c1ccc(F)cc1F. The molecule has 2 N–H and O–H groups in total. The number of nitrogens with one attached hydrogen (secondary N) is 2. The van der Waals surface area contributed by atoms with Crippen LogP contribution in [0.15, 0.2) is 36.4 Å². The topological polar surface area (TPSA) is 67.2 Å². The molecule has 0 fully saturated rings. The van der Waals surface area contributed by atoms with Crippen LogP contribution in [0, 0.1) is 21.7 Å². The number of hydrogen-bond acceptors (Lipinski definition) is 3. The Kier molecular flexibility index (Phi) is 5.63. The third-order valence-electron chi connectivity index (χ3n) is 3.19. The fourth-order valence-electron chi connectivity index (χ4n) is 2.01. The van der Waals surface area contributed by atoms with E-state index in [1.54, 1.807) is 6.92 Å². The number of benzene rings is 2. The van der Waals surface area contributed by atoms with Gasteiger partial charge in [-0.2, -0.15) is 0 Å². The van der Waals surface area contributed by atoms with Crippen LogP contribution in [-0.2, 0) is 0 Å². The molecule has 0 spiro atoms. The highest BCUT2D eigenvalue weighted by molar-refractivity contribution is 7.80. The van der Waals surface area contributed by atoms with Crippen LogP contribution in [-0.4, -0.2) is 10.0 Å². The first-order chi connectivity index (χ1) is 11.3. The molecule has 24 heavy (non-hydrogen) atoms. The molecule has 0 saturated carbocycles. The molecule has 9 heteroatoms. The lowest BCUT2D eigenvalue weighted by atomic mass is 10.1. The molecule has 0 aliphatic heterocycles. The molecule has 126 valence electrons. The van der Waals surface area contributed by atoms with Gasteiger partial charge in [0.1, 0.15) is 11.6 Å². The van der Waals surface area contributed by atoms with E-state index in [0.29, 0.717) is 0 Å². The zero-order valence-electron chi connectivity index (χ0n) is 12.3. The molecule has 5 nitrogen and oxygen atoms in total. The Morgan fingerprint density at radius 1 is 1.29 bits per heavy atom. The summed E-state index contributed by atoms with van der Waals surface area (Å²) >= 11 is 11.1. The Labute approximate surface area is 146 Å². The van der Waals surface area contributed by atoms with Crippen molar-refractivity contribution in [2.75, 3.05) is 5.32 Å². The lowest BCUT2D eigenvalue weighted by Gasteiger charge is -2.18. The van der Waals surface area contributed by atoms with E-state index in [0.717, 1.165) is 12.1 Å². The summed E-state index contributed by atoms with van der Waals surface area (Å²) in [6.07, 6.45) is 0. The summed E-state index contributed by atoms with van der Waals surface area (Å²) in [5, 5.41) is 16.7. The van der Waals surface area contributed by atoms with Crippen molar-refractivity contribution in [2.24, 2.45) is 0 Å². The van der Waals surface area contributed by atoms with E-state index in [9.17, 15) is 18.9 Å². The second-order valence-electron chi connectivity index (χ2n) is 4.91. The average molecular weight is 372 g/mol. The monoisotopic (exact) mass is 371 g/mol. The highest BCUT2D eigenvalue weighted by Crippen LogP contribution is 2.27. The summed E-state index contributed by atoms with van der Waals surface area (Å²) < 4.78 is 26.7. The molecule has 0 amide bonds. The van der Waals surface area contributed by atoms with Crippen LogP contribution >= 0.6 is 23.8 Å². The van der Waals surface area contributed by atoms with Crippen molar-refractivity contribution in [3.63, 3.8) is 0 Å². The molecular formula is C15H12ClF2N3O2S. The first-order valence-electron chi connectivity index (χ1n) is 6.74. The Hall–Kier alpha value is -2.32. The molecule has 0 saturated heterocycles. The van der Waals surface area contributed by atoms with Gasteiger partial charge in [0.25, 0.3) is 5.69 Å². The standard InChI is InChI=1S/C15H12ClF2N3O2S/c1-8(11-4-2-9(17)6-13(11)18)19-15(24)20-14-7-10(21(22)23)3-5-12(14)16/h2-8H,1H3,(H2,19,20,24)/t8-/m1/s1. The van der Waals surface area contributed by atoms with Crippen molar-refractivity contribution in [3.8, 4) is 0 Å². The van der Waals surface area contributed by atoms with Crippen molar-refractivity contribution in [3.05, 3.63) is 68.7 Å². The molecule has 1 atom stereocenters. The van der Waals surface area contributed by atoms with Crippen LogP contribution in [0.3, 0.4) is 0 Å². The van der Waals surface area contributed by atoms with Gasteiger partial charge >= 0.3 is 0 Å². The second kappa shape index (κ2) is 7.50. The van der Waals surface area contributed by atoms with Crippen molar-refractivity contribution >= 4 is 40.3 Å². The summed E-state index contributed by atoms with van der Waals surface area (Å²) in [6, 6.07) is 6.55. The van der Waals surface area contributed by atoms with Gasteiger partial charge in [-0.1, -0.05) is 17.7 Å². The average Bonchev–Trinajstić information content (AvgIpc) is 2.48. The van der Waals surface area contributed by atoms with Crippen LogP contribution < -0.4 is 10.6 Å². The van der Waals surface area contributed by atoms with Gasteiger partial charge in [-0.25, -0.2) is 8.78 Å². The van der Waals surface area contributed by atoms with Crippen molar-refractivity contribution in [1.82, 2.24) is 5.32 Å². The molecule has 0 aliphatic carbocycles. The highest BCUT2D eigenvalue weighted by atomic mass is 35.5. The third kappa shape index (κ3) is 4.36. The zero-order valence-corrected chi connectivity index (χ0v) is 13.9. The summed E-state index contributed by atoms with van der Waals surface area (Å²) in [7, 11) is 0. The Morgan fingerprint density at radius 2 is 2.00 bits per heavy atom. The quantitative estimate of drug-likeness (QED) is 0.468. The molecule has 0 unspecified atom stereocenters. The molecule has 2 rings (SSSR count). The minimum absolute atomic E-state index is 0.0913. The number of nitro groups is 1. The number of halogens is 3. The molecule has 2 aromatic rings. The number of nitrogens with zero attached hydrogens (tertiary/aromatic N) is 1. The van der Waals surface area contributed by atoms with Gasteiger partial charge in [-0.3, -0.25) is 10.1 Å². The van der Waals surface area contributed by atoms with Gasteiger partial charge in [0.15, 0.2) is 5.11 Å². The summed E-state index contributed by atoms with van der Waals surface area (Å²) in [5.41, 5.74) is 0.322. The van der Waals surface area contributed by atoms with E-state index in [4.69, 9.17) is 23.8 Å². The van der Waals surface area contributed by atoms with Crippen LogP contribution in [0.4, 0.5) is 20.2 Å². The van der Waals surface area contributed by atoms with E-state index in [1.165, 1.54) is 24.3 Å². The number of nitro benzene ring substituents is 1. The molecule has 0 aromatic heterocycles. The lowest BCUT2D eigenvalue weighted by Crippen LogP contribution is -2.31. The molecule has 0 radical (unpaired) electrons. The highest BCUT2D eigenvalue weighted by Gasteiger charge is 2.15. The van der Waals surface area contributed by atoms with Gasteiger partial charge < -0.3 is 10.6 Å². The van der Waals surface area contributed by atoms with Gasteiger partial charge in [0, 0.05) is 23.8 Å². The van der Waals surface area contributed by atoms with Crippen molar-refractivity contribution < 1.29 is 13.7 Å². The molecule has 0 bridgehead atoms. The number of non-ortho nitro benzene ring substituents is 1. The second-order valence-corrected chi connectivity index (χ2v) is 5.72. The predicted molar refractivity (Wildman–Crippen MR) is 92.2 cm³/mol. The van der Waals surface area contributed by atoms with E-state index >= 15 is 0 Å². The largest absolute Gasteiger partial charge is 0.356 e. The summed E-state index contributed by atoms with van der Waals surface area (Å²) in [6.45, 7) is 1.64. The number of thiocarbonyl (C=S) groups is 1. The molecular weight excluding hydrogens is 360 g/mol. The van der Waals surface area contributed by atoms with Gasteiger partial charge in [-0.05, 0) is 31.3 Å². The Bertz CT molecular complexity index is 804. The summed E-state index contributed by atoms with van der Waals surface area (Å²) in [4.78, 5) is 10.2. The molecule has 2 aromatic carbocycles. The van der Waals surface area contributed by atoms with Crippen LogP contribution in [0.1, 0.15) is 18.5 Å². The smallest absolute Gasteiger partial charge is 0.271 e. The fourth-order valence-corrected chi connectivity index (χ4v) is 2.46. The first kappa shape index (κ1) is 18.0. The van der Waals surface area contributed by atoms with Gasteiger partial charge in [0.05, 0.1) is 21.7 Å². The first-order valence-corrected chi connectivity index (χ1v) is 7.53. The van der Waals surface area contributed by atoms with E-state index in [-0.39, 0.29) is 27.1 Å². The predicted octanol–water partition coefficient (Wildman–Crippen LogP) is 4.57. The van der Waals surface area contributed by atoms with Crippen molar-refractivity contribution in [2.45, 2.75) is 13.0 Å².